The smallest absolute Gasteiger partial charge is 0.408 e. The van der Waals surface area contributed by atoms with Crippen LogP contribution in [-0.4, -0.2) is 220 Å². The number of amides is 10. The van der Waals surface area contributed by atoms with Crippen LogP contribution < -0.4 is 36.6 Å². The summed E-state index contributed by atoms with van der Waals surface area (Å²) < 4.78 is 17.4. The lowest BCUT2D eigenvalue weighted by Crippen LogP contribution is -2.52. The molecule has 6 N–H and O–H groups in total. The molecule has 0 unspecified atom stereocenters. The van der Waals surface area contributed by atoms with Crippen LogP contribution >= 0.6 is 0 Å². The molecular weight excluding hydrogens is 1190 g/mol. The molecular formula is C67H99N13O13. The quantitative estimate of drug-likeness (QED) is 0.156. The predicted octanol–water partition coefficient (Wildman–Crippen LogP) is 6.37. The number of aromatic nitrogens is 1. The van der Waals surface area contributed by atoms with Crippen LogP contribution in [0, 0.1) is 0 Å². The van der Waals surface area contributed by atoms with E-state index in [4.69, 9.17) is 14.2 Å². The molecule has 2 aromatic carbocycles. The Labute approximate surface area is 547 Å². The number of pyridine rings is 1. The number of carbonyl (C=O) groups excluding carboxylic acids is 10. The van der Waals surface area contributed by atoms with Gasteiger partial charge in [0.05, 0.1) is 26.2 Å². The van der Waals surface area contributed by atoms with E-state index >= 15 is 9.59 Å². The van der Waals surface area contributed by atoms with Gasteiger partial charge in [-0.15, -0.1) is 0 Å². The fourth-order valence-corrected chi connectivity index (χ4v) is 10.8. The van der Waals surface area contributed by atoms with Gasteiger partial charge in [-0.1, -0.05) is 6.07 Å². The number of anilines is 2. The molecule has 1 aromatic heterocycles. The van der Waals surface area contributed by atoms with Crippen LogP contribution in [0.5, 0.6) is 11.5 Å². The molecule has 8 heterocycles. The van der Waals surface area contributed by atoms with Crippen molar-refractivity contribution in [3.8, 4) is 11.5 Å². The Kier molecular flexibility index (Phi) is 26.5. The lowest BCUT2D eigenvalue weighted by Gasteiger charge is -2.36. The summed E-state index contributed by atoms with van der Waals surface area (Å²) in [6.07, 6.45) is 0.196. The Morgan fingerprint density at radius 2 is 0.849 bits per heavy atom. The molecule has 10 rings (SSSR count). The molecule has 26 nitrogen and oxygen atoms in total. The normalized spacial score (nSPS) is 20.6. The van der Waals surface area contributed by atoms with Crippen LogP contribution in [0.25, 0.3) is 0 Å². The van der Waals surface area contributed by atoms with Crippen molar-refractivity contribution in [3.63, 3.8) is 0 Å². The minimum atomic E-state index is -1.20. The van der Waals surface area contributed by atoms with Gasteiger partial charge >= 0.3 is 12.2 Å². The fourth-order valence-electron chi connectivity index (χ4n) is 10.8. The summed E-state index contributed by atoms with van der Waals surface area (Å²) >= 11 is 0. The van der Waals surface area contributed by atoms with Gasteiger partial charge < -0.3 is 75.5 Å². The second kappa shape index (κ2) is 33.4. The second-order valence-corrected chi connectivity index (χ2v) is 28.0. The SMILES string of the molecule is CC(C)(C)NC(=O)CN1CCCC[C@H](NC(=O)OC(C)(C)C)C(=O)N2CCCN3CCN(CCCN(CC(=O)Nc4ccc(cc4)Oc4ccc(cc4)NC(=O)C2)C(=O)[C@H](NC(=O)OC(C)(C)C)CCCCN(CC(=O)NC(C)(C)C)C(=O)c2cccc(n2)C1=O)CC3. The van der Waals surface area contributed by atoms with Crippen LogP contribution in [0.15, 0.2) is 66.7 Å². The average molecular weight is 1290 g/mol. The van der Waals surface area contributed by atoms with Gasteiger partial charge in [0.1, 0.15) is 46.2 Å². The highest BCUT2D eigenvalue weighted by Crippen LogP contribution is 2.26. The maximum atomic E-state index is 15.1. The third kappa shape index (κ3) is 26.3. The number of fused-ring (bicyclic) bond motifs is 16. The third-order valence-corrected chi connectivity index (χ3v) is 14.9. The first-order valence-corrected chi connectivity index (χ1v) is 32.3. The van der Waals surface area contributed by atoms with Crippen LogP contribution in [0.3, 0.4) is 0 Å². The molecule has 10 amide bonds. The number of nitrogens with one attached hydrogen (secondary N) is 6. The molecule has 0 aliphatic carbocycles. The minimum absolute atomic E-state index is 0.0323. The molecule has 10 bridgehead atoms. The fraction of sp³-hybridized carbons (Fsp3) is 0.597. The van der Waals surface area contributed by atoms with E-state index < -0.39 is 107 Å². The topological polar surface area (TPSA) is 303 Å². The van der Waals surface area contributed by atoms with E-state index in [-0.39, 0.29) is 89.2 Å². The highest BCUT2D eigenvalue weighted by molar-refractivity contribution is 5.99. The largest absolute Gasteiger partial charge is 0.457 e. The van der Waals surface area contributed by atoms with Gasteiger partial charge in [-0.25, -0.2) is 14.6 Å². The minimum Gasteiger partial charge on any atom is -0.457 e. The number of nitrogens with zero attached hydrogens (tertiary/aromatic N) is 7. The van der Waals surface area contributed by atoms with Crippen molar-refractivity contribution in [2.24, 2.45) is 0 Å². The second-order valence-electron chi connectivity index (χ2n) is 28.0. The summed E-state index contributed by atoms with van der Waals surface area (Å²) in [4.78, 5) is 157. The summed E-state index contributed by atoms with van der Waals surface area (Å²) in [6.45, 7) is 23.4. The molecule has 7 aliphatic rings. The van der Waals surface area contributed by atoms with E-state index in [0.717, 1.165) is 0 Å². The van der Waals surface area contributed by atoms with Crippen LogP contribution in [-0.2, 0) is 38.2 Å². The zero-order valence-electron chi connectivity index (χ0n) is 56.5. The van der Waals surface area contributed by atoms with Crippen molar-refractivity contribution >= 4 is 70.8 Å². The Hall–Kier alpha value is -8.39. The van der Waals surface area contributed by atoms with Crippen molar-refractivity contribution < 1.29 is 62.2 Å². The Bertz CT molecular complexity index is 2870. The Morgan fingerprint density at radius 1 is 0.484 bits per heavy atom. The number of alkyl carbamates (subject to hydrolysis) is 2. The zero-order valence-corrected chi connectivity index (χ0v) is 56.5. The molecule has 7 aliphatic heterocycles. The average Bonchev–Trinajstić information content (AvgIpc) is 0.951. The molecule has 0 radical (unpaired) electrons. The summed E-state index contributed by atoms with van der Waals surface area (Å²) in [5, 5.41) is 17.1. The van der Waals surface area contributed by atoms with Crippen molar-refractivity contribution in [2.75, 3.05) is 102 Å². The van der Waals surface area contributed by atoms with Crippen LogP contribution in [0.4, 0.5) is 21.0 Å². The van der Waals surface area contributed by atoms with Crippen molar-refractivity contribution in [2.45, 2.75) is 169 Å². The predicted molar refractivity (Wildman–Crippen MR) is 351 cm³/mol. The number of rotatable bonds is 6. The van der Waals surface area contributed by atoms with Gasteiger partial charge in [-0.3, -0.25) is 38.4 Å². The number of ether oxygens (including phenoxy) is 3. The van der Waals surface area contributed by atoms with Gasteiger partial charge in [0, 0.05) is 74.8 Å². The van der Waals surface area contributed by atoms with Gasteiger partial charge in [0.15, 0.2) is 0 Å². The van der Waals surface area contributed by atoms with E-state index in [9.17, 15) is 38.4 Å². The van der Waals surface area contributed by atoms with Gasteiger partial charge in [0.2, 0.25) is 35.4 Å². The first-order chi connectivity index (χ1) is 43.6. The maximum Gasteiger partial charge on any atom is 0.408 e. The molecule has 1 saturated heterocycles. The Morgan fingerprint density at radius 3 is 1.19 bits per heavy atom. The third-order valence-electron chi connectivity index (χ3n) is 14.9. The van der Waals surface area contributed by atoms with Crippen molar-refractivity contribution in [1.29, 1.82) is 0 Å². The van der Waals surface area contributed by atoms with Gasteiger partial charge in [-0.05, 0) is 208 Å². The zero-order chi connectivity index (χ0) is 68.3. The lowest BCUT2D eigenvalue weighted by molar-refractivity contribution is -0.137. The number of benzene rings is 2. The highest BCUT2D eigenvalue weighted by atomic mass is 16.6. The maximum absolute atomic E-state index is 15.1. The first-order valence-electron chi connectivity index (χ1n) is 32.3. The van der Waals surface area contributed by atoms with E-state index in [1.807, 2.05) is 0 Å². The Balaban J connectivity index is 1.43. The number of carbonyl (C=O) groups is 10. The van der Waals surface area contributed by atoms with Crippen LogP contribution in [0.2, 0.25) is 0 Å². The molecule has 0 saturated carbocycles. The molecule has 0 spiro atoms. The van der Waals surface area contributed by atoms with Crippen molar-refractivity contribution in [1.82, 2.24) is 55.7 Å². The number of piperazine rings is 1. The molecule has 2 atom stereocenters. The van der Waals surface area contributed by atoms with E-state index in [1.165, 1.54) is 37.8 Å². The van der Waals surface area contributed by atoms with E-state index in [0.29, 0.717) is 75.0 Å². The highest BCUT2D eigenvalue weighted by Gasteiger charge is 2.34. The standard InChI is InChI=1S/C67H99N13O13/c1-64(2,3)73-56(83)44-77-34-15-13-20-52(71-62(89)92-66(7,8)9)60(87)79-36-18-32-75-38-40-76(41-39-75)33-19-37-80(43-55(82)69-47-26-30-49(31-27-47)91-48-28-24-46(25-29-48)68-54(81)42-79)61(88)53(72-63(90)93-67(10,11)12)21-14-16-35-78(45-57(84)74-65(4,5)6)59(86)51-23-17-22-50(70-51)58(77)85/h17,22-31,52-53H,13-16,18-21,32-45H2,1-12H3,(H,68,81)(H,69,82)(H,71,89)(H,72,90)(H,73,83)(H,74,84)/t52-,53+. The summed E-state index contributed by atoms with van der Waals surface area (Å²) in [7, 11) is 0. The molecule has 510 valence electrons. The molecule has 26 heteroatoms. The molecule has 1 fully saturated rings. The monoisotopic (exact) mass is 1290 g/mol. The molecule has 3 aromatic rings. The summed E-state index contributed by atoms with van der Waals surface area (Å²) in [5.74, 6) is -3.55. The summed E-state index contributed by atoms with van der Waals surface area (Å²) in [6, 6.07) is 15.2. The first kappa shape index (κ1) is 73.7. The van der Waals surface area contributed by atoms with Gasteiger partial charge in [0.25, 0.3) is 11.8 Å². The lowest BCUT2D eigenvalue weighted by atomic mass is 10.1. The summed E-state index contributed by atoms with van der Waals surface area (Å²) in [5.41, 5.74) is -2.71. The van der Waals surface area contributed by atoms with E-state index in [2.05, 4.69) is 46.7 Å². The van der Waals surface area contributed by atoms with Crippen molar-refractivity contribution in [3.05, 3.63) is 78.1 Å². The number of hydrogen-bond donors (Lipinski definition) is 6. The van der Waals surface area contributed by atoms with Crippen LogP contribution in [0.1, 0.15) is 155 Å². The van der Waals surface area contributed by atoms with E-state index in [1.54, 1.807) is 132 Å². The number of hydrogen-bond acceptors (Lipinski definition) is 16. The molecule has 93 heavy (non-hydrogen) atoms. The van der Waals surface area contributed by atoms with Gasteiger partial charge in [-0.2, -0.15) is 0 Å².